The molecule has 1 heterocycles. The average molecular weight is 170 g/mol. The summed E-state index contributed by atoms with van der Waals surface area (Å²) in [4.78, 5) is 10.9. The van der Waals surface area contributed by atoms with Crippen LogP contribution in [0.2, 0.25) is 0 Å². The van der Waals surface area contributed by atoms with E-state index >= 15 is 0 Å². The first-order valence-electron chi connectivity index (χ1n) is 3.46. The van der Waals surface area contributed by atoms with Crippen LogP contribution < -0.4 is 11.1 Å². The average Bonchev–Trinajstić information content (AvgIpc) is 2.51. The standard InChI is InChI=1S/C5H10N6O/c1-3(6)5(12)7-2-4-8-10-11-9-4/h3H,2,6H2,1H3,(H,7,12)(H,8,9,10,11)/t3-/m1/s1. The SMILES string of the molecule is C[C@@H](N)C(=O)NCc1nn[nH]n1. The summed E-state index contributed by atoms with van der Waals surface area (Å²) in [7, 11) is 0. The fourth-order valence-corrected chi connectivity index (χ4v) is 0.585. The highest BCUT2D eigenvalue weighted by atomic mass is 16.2. The van der Waals surface area contributed by atoms with Crippen molar-refractivity contribution in [2.75, 3.05) is 0 Å². The molecular weight excluding hydrogens is 160 g/mol. The molecule has 0 saturated heterocycles. The summed E-state index contributed by atoms with van der Waals surface area (Å²) in [6.45, 7) is 1.85. The molecule has 1 rings (SSSR count). The Morgan fingerprint density at radius 1 is 1.83 bits per heavy atom. The predicted octanol–water partition coefficient (Wildman–Crippen LogP) is -1.84. The smallest absolute Gasteiger partial charge is 0.237 e. The highest BCUT2D eigenvalue weighted by Crippen LogP contribution is 1.82. The second-order valence-corrected chi connectivity index (χ2v) is 2.33. The van der Waals surface area contributed by atoms with Crippen molar-refractivity contribution < 1.29 is 4.79 Å². The van der Waals surface area contributed by atoms with Crippen LogP contribution in [0.1, 0.15) is 12.7 Å². The fraction of sp³-hybridized carbons (Fsp3) is 0.600. The molecule has 0 bridgehead atoms. The van der Waals surface area contributed by atoms with Crippen molar-refractivity contribution in [3.63, 3.8) is 0 Å². The molecule has 7 nitrogen and oxygen atoms in total. The second kappa shape index (κ2) is 3.77. The van der Waals surface area contributed by atoms with Crippen LogP contribution in [-0.4, -0.2) is 32.6 Å². The molecule has 1 aromatic heterocycles. The Morgan fingerprint density at radius 3 is 3.08 bits per heavy atom. The number of tetrazole rings is 1. The number of hydrogen-bond acceptors (Lipinski definition) is 5. The molecule has 0 saturated carbocycles. The quantitative estimate of drug-likeness (QED) is 0.494. The molecule has 0 fully saturated rings. The molecule has 7 heteroatoms. The van der Waals surface area contributed by atoms with Crippen molar-refractivity contribution in [1.82, 2.24) is 25.9 Å². The van der Waals surface area contributed by atoms with Gasteiger partial charge in [-0.3, -0.25) is 4.79 Å². The Kier molecular flexibility index (Phi) is 2.70. The summed E-state index contributed by atoms with van der Waals surface area (Å²) in [5.74, 6) is 0.198. The van der Waals surface area contributed by atoms with E-state index in [0.29, 0.717) is 5.82 Å². The maximum atomic E-state index is 10.9. The summed E-state index contributed by atoms with van der Waals surface area (Å²) < 4.78 is 0. The summed E-state index contributed by atoms with van der Waals surface area (Å²) in [5.41, 5.74) is 5.30. The summed E-state index contributed by atoms with van der Waals surface area (Å²) in [6.07, 6.45) is 0. The van der Waals surface area contributed by atoms with E-state index in [-0.39, 0.29) is 12.5 Å². The largest absolute Gasteiger partial charge is 0.347 e. The van der Waals surface area contributed by atoms with Gasteiger partial charge in [0.25, 0.3) is 0 Å². The van der Waals surface area contributed by atoms with Crippen molar-refractivity contribution in [2.45, 2.75) is 19.5 Å². The monoisotopic (exact) mass is 170 g/mol. The van der Waals surface area contributed by atoms with Crippen LogP contribution in [0.3, 0.4) is 0 Å². The number of nitrogens with one attached hydrogen (secondary N) is 2. The normalized spacial score (nSPS) is 12.5. The summed E-state index contributed by atoms with van der Waals surface area (Å²) >= 11 is 0. The van der Waals surface area contributed by atoms with E-state index in [0.717, 1.165) is 0 Å². The fourth-order valence-electron chi connectivity index (χ4n) is 0.585. The van der Waals surface area contributed by atoms with Gasteiger partial charge in [0, 0.05) is 0 Å². The summed E-state index contributed by atoms with van der Waals surface area (Å²) in [6, 6.07) is -0.517. The molecular formula is C5H10N6O. The lowest BCUT2D eigenvalue weighted by atomic mass is 10.3. The van der Waals surface area contributed by atoms with Crippen molar-refractivity contribution in [3.05, 3.63) is 5.82 Å². The third kappa shape index (κ3) is 2.27. The lowest BCUT2D eigenvalue weighted by molar-refractivity contribution is -0.122. The van der Waals surface area contributed by atoms with Gasteiger partial charge in [-0.1, -0.05) is 5.21 Å². The van der Waals surface area contributed by atoms with Crippen LogP contribution in [0, 0.1) is 0 Å². The van der Waals surface area contributed by atoms with Crippen molar-refractivity contribution in [2.24, 2.45) is 5.73 Å². The van der Waals surface area contributed by atoms with Crippen molar-refractivity contribution in [3.8, 4) is 0 Å². The zero-order chi connectivity index (χ0) is 8.97. The Bertz CT molecular complexity index is 242. The van der Waals surface area contributed by atoms with Gasteiger partial charge in [0.1, 0.15) is 0 Å². The van der Waals surface area contributed by atoms with Gasteiger partial charge in [-0.2, -0.15) is 5.21 Å². The van der Waals surface area contributed by atoms with Gasteiger partial charge >= 0.3 is 0 Å². The topological polar surface area (TPSA) is 110 Å². The second-order valence-electron chi connectivity index (χ2n) is 2.33. The maximum Gasteiger partial charge on any atom is 0.237 e. The van der Waals surface area contributed by atoms with Gasteiger partial charge in [-0.15, -0.1) is 10.2 Å². The van der Waals surface area contributed by atoms with E-state index < -0.39 is 6.04 Å². The van der Waals surface area contributed by atoms with Gasteiger partial charge in [-0.25, -0.2) is 0 Å². The lowest BCUT2D eigenvalue weighted by Crippen LogP contribution is -2.38. The van der Waals surface area contributed by atoms with Crippen molar-refractivity contribution in [1.29, 1.82) is 0 Å². The number of nitrogens with zero attached hydrogens (tertiary/aromatic N) is 3. The van der Waals surface area contributed by atoms with E-state index in [2.05, 4.69) is 25.9 Å². The molecule has 0 unspecified atom stereocenters. The zero-order valence-corrected chi connectivity index (χ0v) is 6.61. The molecule has 0 aromatic carbocycles. The molecule has 0 aliphatic carbocycles. The van der Waals surface area contributed by atoms with E-state index in [1.165, 1.54) is 0 Å². The number of hydrogen-bond donors (Lipinski definition) is 3. The molecule has 12 heavy (non-hydrogen) atoms. The molecule has 1 aromatic rings. The number of aromatic amines is 1. The Morgan fingerprint density at radius 2 is 2.58 bits per heavy atom. The van der Waals surface area contributed by atoms with Crippen LogP contribution in [0.5, 0.6) is 0 Å². The molecule has 0 spiro atoms. The maximum absolute atomic E-state index is 10.9. The highest BCUT2D eigenvalue weighted by Gasteiger charge is 2.07. The number of carbonyl (C=O) groups is 1. The number of carbonyl (C=O) groups excluding carboxylic acids is 1. The van der Waals surface area contributed by atoms with E-state index in [1.807, 2.05) is 0 Å². The lowest BCUT2D eigenvalue weighted by Gasteiger charge is -2.03. The van der Waals surface area contributed by atoms with Gasteiger partial charge < -0.3 is 11.1 Å². The predicted molar refractivity (Wildman–Crippen MR) is 39.7 cm³/mol. The van der Waals surface area contributed by atoms with E-state index in [9.17, 15) is 4.79 Å². The Hall–Kier alpha value is -1.50. The zero-order valence-electron chi connectivity index (χ0n) is 6.61. The first kappa shape index (κ1) is 8.60. The summed E-state index contributed by atoms with van der Waals surface area (Å²) in [5, 5.41) is 15.4. The first-order chi connectivity index (χ1) is 5.70. The minimum absolute atomic E-state index is 0.236. The molecule has 4 N–H and O–H groups in total. The molecule has 0 radical (unpaired) electrons. The van der Waals surface area contributed by atoms with Gasteiger partial charge in [0.05, 0.1) is 12.6 Å². The number of amides is 1. The van der Waals surface area contributed by atoms with Crippen LogP contribution in [0.15, 0.2) is 0 Å². The third-order valence-electron chi connectivity index (χ3n) is 1.22. The van der Waals surface area contributed by atoms with Crippen LogP contribution in [0.25, 0.3) is 0 Å². The number of rotatable bonds is 3. The Balaban J connectivity index is 2.32. The van der Waals surface area contributed by atoms with Gasteiger partial charge in [0.2, 0.25) is 5.91 Å². The van der Waals surface area contributed by atoms with Crippen LogP contribution in [-0.2, 0) is 11.3 Å². The number of aromatic nitrogens is 4. The van der Waals surface area contributed by atoms with Crippen LogP contribution >= 0.6 is 0 Å². The van der Waals surface area contributed by atoms with Crippen molar-refractivity contribution >= 4 is 5.91 Å². The minimum atomic E-state index is -0.517. The van der Waals surface area contributed by atoms with E-state index in [1.54, 1.807) is 6.92 Å². The molecule has 1 atom stereocenters. The molecule has 66 valence electrons. The molecule has 0 aliphatic heterocycles. The minimum Gasteiger partial charge on any atom is -0.347 e. The molecule has 1 amide bonds. The Labute approximate surface area is 68.7 Å². The van der Waals surface area contributed by atoms with Gasteiger partial charge in [-0.05, 0) is 6.92 Å². The highest BCUT2D eigenvalue weighted by molar-refractivity contribution is 5.80. The third-order valence-corrected chi connectivity index (χ3v) is 1.22. The van der Waals surface area contributed by atoms with Gasteiger partial charge in [0.15, 0.2) is 5.82 Å². The number of H-pyrrole nitrogens is 1. The van der Waals surface area contributed by atoms with E-state index in [4.69, 9.17) is 5.73 Å². The molecule has 0 aliphatic rings. The van der Waals surface area contributed by atoms with Crippen LogP contribution in [0.4, 0.5) is 0 Å². The number of nitrogens with two attached hydrogens (primary N) is 1. The first-order valence-corrected chi connectivity index (χ1v) is 3.46.